The van der Waals surface area contributed by atoms with Gasteiger partial charge in [-0.25, -0.2) is 4.79 Å². The second kappa shape index (κ2) is 7.30. The average molecular weight is 341 g/mol. The summed E-state index contributed by atoms with van der Waals surface area (Å²) in [6, 6.07) is 5.06. The van der Waals surface area contributed by atoms with Crippen molar-refractivity contribution < 1.29 is 14.6 Å². The first kappa shape index (κ1) is 17.7. The number of aromatic hydroxyl groups is 1. The minimum absolute atomic E-state index is 0.0750. The number of carbonyl (C=O) groups is 1. The van der Waals surface area contributed by atoms with Crippen molar-refractivity contribution in [1.82, 2.24) is 4.90 Å². The maximum atomic E-state index is 12.2. The first-order valence-corrected chi connectivity index (χ1v) is 8.33. The molecular formula is C17H25ClN2O3. The number of anilines is 1. The fourth-order valence-corrected chi connectivity index (χ4v) is 2.78. The quantitative estimate of drug-likeness (QED) is 0.813. The molecule has 0 saturated carbocycles. The predicted molar refractivity (Wildman–Crippen MR) is 92.1 cm³/mol. The van der Waals surface area contributed by atoms with E-state index in [0.717, 1.165) is 31.6 Å². The maximum Gasteiger partial charge on any atom is 0.410 e. The van der Waals surface area contributed by atoms with Gasteiger partial charge in [-0.1, -0.05) is 11.6 Å². The Labute approximate surface area is 142 Å². The van der Waals surface area contributed by atoms with Crippen LogP contribution in [0.5, 0.6) is 5.75 Å². The number of halogens is 1. The van der Waals surface area contributed by atoms with Gasteiger partial charge in [-0.2, -0.15) is 0 Å². The second-order valence-electron chi connectivity index (χ2n) is 6.98. The Balaban J connectivity index is 1.86. The third-order valence-electron chi connectivity index (χ3n) is 3.71. The Hall–Kier alpha value is -1.62. The molecule has 1 aliphatic rings. The van der Waals surface area contributed by atoms with Gasteiger partial charge in [-0.05, 0) is 57.7 Å². The number of ether oxygens (including phenoxy) is 1. The maximum absolute atomic E-state index is 12.2. The third-order valence-corrected chi connectivity index (χ3v) is 4.02. The molecule has 1 aromatic carbocycles. The minimum Gasteiger partial charge on any atom is -0.506 e. The first-order chi connectivity index (χ1) is 10.7. The molecule has 0 aromatic heterocycles. The molecule has 1 heterocycles. The predicted octanol–water partition coefficient (Wildman–Crippen LogP) is 4.10. The van der Waals surface area contributed by atoms with Gasteiger partial charge in [0, 0.05) is 25.3 Å². The van der Waals surface area contributed by atoms with E-state index in [0.29, 0.717) is 17.5 Å². The van der Waals surface area contributed by atoms with Crippen molar-refractivity contribution in [2.24, 2.45) is 5.92 Å². The van der Waals surface area contributed by atoms with E-state index in [1.165, 1.54) is 0 Å². The number of nitrogens with one attached hydrogen (secondary N) is 1. The number of piperidine rings is 1. The van der Waals surface area contributed by atoms with E-state index < -0.39 is 5.60 Å². The van der Waals surface area contributed by atoms with Crippen molar-refractivity contribution in [2.75, 3.05) is 25.0 Å². The number of nitrogens with zero attached hydrogens (tertiary/aromatic N) is 1. The van der Waals surface area contributed by atoms with Gasteiger partial charge < -0.3 is 20.1 Å². The van der Waals surface area contributed by atoms with E-state index >= 15 is 0 Å². The van der Waals surface area contributed by atoms with Crippen LogP contribution >= 0.6 is 11.6 Å². The fourth-order valence-electron chi connectivity index (χ4n) is 2.60. The number of amides is 1. The van der Waals surface area contributed by atoms with Crippen molar-refractivity contribution in [1.29, 1.82) is 0 Å². The van der Waals surface area contributed by atoms with Crippen LogP contribution in [0.15, 0.2) is 18.2 Å². The number of rotatable bonds is 3. The second-order valence-corrected chi connectivity index (χ2v) is 7.39. The Morgan fingerprint density at radius 3 is 2.87 bits per heavy atom. The Morgan fingerprint density at radius 2 is 2.22 bits per heavy atom. The van der Waals surface area contributed by atoms with Crippen molar-refractivity contribution in [3.8, 4) is 5.75 Å². The molecule has 0 radical (unpaired) electrons. The first-order valence-electron chi connectivity index (χ1n) is 7.95. The lowest BCUT2D eigenvalue weighted by atomic mass is 9.98. The summed E-state index contributed by atoms with van der Waals surface area (Å²) < 4.78 is 5.44. The normalized spacial score (nSPS) is 18.6. The number of hydrogen-bond acceptors (Lipinski definition) is 4. The summed E-state index contributed by atoms with van der Waals surface area (Å²) in [4.78, 5) is 13.9. The zero-order chi connectivity index (χ0) is 17.0. The number of hydrogen-bond donors (Lipinski definition) is 2. The van der Waals surface area contributed by atoms with E-state index in [1.807, 2.05) is 20.8 Å². The number of carbonyl (C=O) groups excluding carboxylic acids is 1. The van der Waals surface area contributed by atoms with Crippen LogP contribution in [0.3, 0.4) is 0 Å². The van der Waals surface area contributed by atoms with Gasteiger partial charge in [-0.3, -0.25) is 0 Å². The van der Waals surface area contributed by atoms with E-state index in [2.05, 4.69) is 5.32 Å². The molecule has 0 bridgehead atoms. The number of phenols is 1. The van der Waals surface area contributed by atoms with Crippen molar-refractivity contribution >= 4 is 23.4 Å². The molecule has 6 heteroatoms. The van der Waals surface area contributed by atoms with Crippen LogP contribution in [0.2, 0.25) is 5.02 Å². The third kappa shape index (κ3) is 5.50. The molecule has 128 valence electrons. The highest BCUT2D eigenvalue weighted by Gasteiger charge is 2.27. The molecule has 5 nitrogen and oxygen atoms in total. The Kier molecular flexibility index (Phi) is 5.63. The number of phenolic OH excluding ortho intramolecular Hbond substituents is 1. The lowest BCUT2D eigenvalue weighted by Crippen LogP contribution is -2.44. The summed E-state index contributed by atoms with van der Waals surface area (Å²) in [7, 11) is 0. The molecule has 2 N–H and O–H groups in total. The summed E-state index contributed by atoms with van der Waals surface area (Å²) in [5.74, 6) is 0.440. The van der Waals surface area contributed by atoms with Gasteiger partial charge in [0.1, 0.15) is 11.4 Å². The smallest absolute Gasteiger partial charge is 0.410 e. The monoisotopic (exact) mass is 340 g/mol. The van der Waals surface area contributed by atoms with Gasteiger partial charge in [0.25, 0.3) is 0 Å². The molecule has 1 aromatic rings. The molecule has 0 spiro atoms. The van der Waals surface area contributed by atoms with Crippen LogP contribution in [0, 0.1) is 5.92 Å². The topological polar surface area (TPSA) is 61.8 Å². The van der Waals surface area contributed by atoms with Crippen LogP contribution in [0.1, 0.15) is 33.6 Å². The van der Waals surface area contributed by atoms with Crippen LogP contribution in [-0.4, -0.2) is 41.3 Å². The van der Waals surface area contributed by atoms with E-state index in [-0.39, 0.29) is 11.8 Å². The summed E-state index contributed by atoms with van der Waals surface area (Å²) in [6.07, 6.45) is 1.80. The zero-order valence-corrected chi connectivity index (χ0v) is 14.7. The minimum atomic E-state index is -0.467. The summed E-state index contributed by atoms with van der Waals surface area (Å²) in [5.41, 5.74) is 0.396. The lowest BCUT2D eigenvalue weighted by molar-refractivity contribution is 0.0172. The molecular weight excluding hydrogens is 316 g/mol. The summed E-state index contributed by atoms with van der Waals surface area (Å²) in [5, 5.41) is 13.1. The van der Waals surface area contributed by atoms with E-state index in [1.54, 1.807) is 23.1 Å². The molecule has 1 fully saturated rings. The molecule has 2 rings (SSSR count). The highest BCUT2D eigenvalue weighted by molar-refractivity contribution is 6.32. The van der Waals surface area contributed by atoms with Crippen LogP contribution in [0.4, 0.5) is 10.5 Å². The van der Waals surface area contributed by atoms with Gasteiger partial charge in [0.05, 0.1) is 5.02 Å². The Bertz CT molecular complexity index is 557. The van der Waals surface area contributed by atoms with Crippen LogP contribution in [-0.2, 0) is 4.74 Å². The molecule has 23 heavy (non-hydrogen) atoms. The average Bonchev–Trinajstić information content (AvgIpc) is 2.47. The number of benzene rings is 1. The van der Waals surface area contributed by atoms with Crippen molar-refractivity contribution in [2.45, 2.75) is 39.2 Å². The summed E-state index contributed by atoms with van der Waals surface area (Å²) >= 11 is 5.90. The Morgan fingerprint density at radius 1 is 1.48 bits per heavy atom. The van der Waals surface area contributed by atoms with E-state index in [4.69, 9.17) is 16.3 Å². The van der Waals surface area contributed by atoms with Crippen molar-refractivity contribution in [3.63, 3.8) is 0 Å². The largest absolute Gasteiger partial charge is 0.506 e. The molecule has 1 saturated heterocycles. The zero-order valence-electron chi connectivity index (χ0n) is 13.9. The lowest BCUT2D eigenvalue weighted by Gasteiger charge is -2.34. The van der Waals surface area contributed by atoms with E-state index in [9.17, 15) is 9.90 Å². The number of likely N-dealkylation sites (tertiary alicyclic amines) is 1. The SMILES string of the molecule is CC(C)(C)OC(=O)N1CCCC(CNc2ccc(O)c(Cl)c2)C1. The van der Waals surface area contributed by atoms with Gasteiger partial charge in [0.2, 0.25) is 0 Å². The van der Waals surface area contributed by atoms with Crippen LogP contribution in [0.25, 0.3) is 0 Å². The molecule has 1 unspecified atom stereocenters. The van der Waals surface area contributed by atoms with Crippen LogP contribution < -0.4 is 5.32 Å². The molecule has 1 amide bonds. The van der Waals surface area contributed by atoms with Gasteiger partial charge in [-0.15, -0.1) is 0 Å². The standard InChI is InChI=1S/C17H25ClN2O3/c1-17(2,3)23-16(22)20-8-4-5-12(11-20)10-19-13-6-7-15(21)14(18)9-13/h6-7,9,12,19,21H,4-5,8,10-11H2,1-3H3. The van der Waals surface area contributed by atoms with Crippen molar-refractivity contribution in [3.05, 3.63) is 23.2 Å². The molecule has 1 aliphatic heterocycles. The fraction of sp³-hybridized carbons (Fsp3) is 0.588. The summed E-state index contributed by atoms with van der Waals surface area (Å²) in [6.45, 7) is 7.82. The molecule has 0 aliphatic carbocycles. The highest BCUT2D eigenvalue weighted by atomic mass is 35.5. The highest BCUT2D eigenvalue weighted by Crippen LogP contribution is 2.27. The molecule has 1 atom stereocenters. The van der Waals surface area contributed by atoms with Gasteiger partial charge >= 0.3 is 6.09 Å². The van der Waals surface area contributed by atoms with Gasteiger partial charge in [0.15, 0.2) is 0 Å².